The minimum atomic E-state index is -1.18. The first-order chi connectivity index (χ1) is 5.97. The van der Waals surface area contributed by atoms with E-state index in [-0.39, 0.29) is 12.3 Å². The Morgan fingerprint density at radius 1 is 1.38 bits per heavy atom. The van der Waals surface area contributed by atoms with E-state index in [0.29, 0.717) is 6.42 Å². The third kappa shape index (κ3) is 5.22. The zero-order valence-electron chi connectivity index (χ0n) is 8.20. The van der Waals surface area contributed by atoms with E-state index >= 15 is 0 Å². The molecule has 0 heterocycles. The number of hydrogen-bond donors (Lipinski definition) is 0. The molecule has 0 unspecified atom stereocenters. The Labute approximate surface area is 77.9 Å². The van der Waals surface area contributed by atoms with E-state index in [1.54, 1.807) is 0 Å². The summed E-state index contributed by atoms with van der Waals surface area (Å²) in [5.41, 5.74) is 0. The Morgan fingerprint density at radius 2 is 1.92 bits per heavy atom. The Hall–Kier alpha value is -1.06. The van der Waals surface area contributed by atoms with Crippen LogP contribution >= 0.6 is 0 Å². The number of hydrogen-bond acceptors (Lipinski definition) is 4. The summed E-state index contributed by atoms with van der Waals surface area (Å²) in [6.45, 7) is 3.79. The molecule has 0 spiro atoms. The molecule has 1 atom stereocenters. The van der Waals surface area contributed by atoms with Gasteiger partial charge < -0.3 is 14.6 Å². The summed E-state index contributed by atoms with van der Waals surface area (Å²) in [7, 11) is 1.24. The maximum atomic E-state index is 10.8. The molecule has 0 aliphatic carbocycles. The van der Waals surface area contributed by atoms with Gasteiger partial charge in [-0.3, -0.25) is 4.79 Å². The normalized spacial score (nSPS) is 12.6. The van der Waals surface area contributed by atoms with Crippen LogP contribution in [0.2, 0.25) is 0 Å². The van der Waals surface area contributed by atoms with Gasteiger partial charge in [-0.15, -0.1) is 0 Å². The number of carbonyl (C=O) groups is 2. The lowest BCUT2D eigenvalue weighted by Crippen LogP contribution is -2.33. The van der Waals surface area contributed by atoms with Crippen molar-refractivity contribution in [3.63, 3.8) is 0 Å². The number of rotatable bonds is 5. The molecule has 0 saturated carbocycles. The van der Waals surface area contributed by atoms with Crippen molar-refractivity contribution in [2.24, 2.45) is 11.8 Å². The average molecular weight is 187 g/mol. The van der Waals surface area contributed by atoms with Gasteiger partial charge >= 0.3 is 5.97 Å². The Balaban J connectivity index is 4.10. The number of esters is 1. The summed E-state index contributed by atoms with van der Waals surface area (Å²) in [4.78, 5) is 21.4. The van der Waals surface area contributed by atoms with Crippen LogP contribution in [0.1, 0.15) is 26.7 Å². The van der Waals surface area contributed by atoms with Gasteiger partial charge in [0.05, 0.1) is 13.5 Å². The number of carboxylic acid groups (broad SMARTS) is 1. The molecule has 0 aliphatic heterocycles. The van der Waals surface area contributed by atoms with Gasteiger partial charge in [0.1, 0.15) is 0 Å². The van der Waals surface area contributed by atoms with E-state index in [4.69, 9.17) is 0 Å². The number of carbonyl (C=O) groups excluding carboxylic acids is 2. The van der Waals surface area contributed by atoms with Crippen molar-refractivity contribution in [1.29, 1.82) is 0 Å². The van der Waals surface area contributed by atoms with E-state index in [0.717, 1.165) is 0 Å². The molecule has 0 rings (SSSR count). The monoisotopic (exact) mass is 187 g/mol. The topological polar surface area (TPSA) is 66.4 Å². The molecule has 0 saturated heterocycles. The van der Waals surface area contributed by atoms with E-state index in [1.165, 1.54) is 7.11 Å². The van der Waals surface area contributed by atoms with Gasteiger partial charge in [0.2, 0.25) is 0 Å². The second-order valence-electron chi connectivity index (χ2n) is 3.43. The van der Waals surface area contributed by atoms with Crippen molar-refractivity contribution < 1.29 is 19.4 Å². The highest BCUT2D eigenvalue weighted by atomic mass is 16.5. The predicted molar refractivity (Wildman–Crippen MR) is 44.6 cm³/mol. The third-order valence-corrected chi connectivity index (χ3v) is 1.73. The van der Waals surface area contributed by atoms with Gasteiger partial charge in [0.15, 0.2) is 0 Å². The molecule has 0 aromatic rings. The van der Waals surface area contributed by atoms with Crippen molar-refractivity contribution in [1.82, 2.24) is 0 Å². The maximum Gasteiger partial charge on any atom is 0.306 e. The van der Waals surface area contributed by atoms with Gasteiger partial charge in [0.25, 0.3) is 0 Å². The standard InChI is InChI=1S/C9H16O4/c1-6(2)4-7(9(11)12)5-8(10)13-3/h6-7H,4-5H2,1-3H3,(H,11,12)/p-1/t7-/m0/s1. The SMILES string of the molecule is COC(=O)C[C@H](CC(C)C)C(=O)[O-]. The van der Waals surface area contributed by atoms with Crippen LogP contribution < -0.4 is 5.11 Å². The van der Waals surface area contributed by atoms with Crippen molar-refractivity contribution in [3.8, 4) is 0 Å². The lowest BCUT2D eigenvalue weighted by Gasteiger charge is -2.18. The Morgan fingerprint density at radius 3 is 2.23 bits per heavy atom. The maximum absolute atomic E-state index is 10.8. The molecule has 0 N–H and O–H groups in total. The van der Waals surface area contributed by atoms with Crippen LogP contribution in [0.15, 0.2) is 0 Å². The van der Waals surface area contributed by atoms with Gasteiger partial charge in [-0.25, -0.2) is 0 Å². The number of carboxylic acids is 1. The van der Waals surface area contributed by atoms with Crippen LogP contribution in [0.4, 0.5) is 0 Å². The highest BCUT2D eigenvalue weighted by molar-refractivity contribution is 5.77. The van der Waals surface area contributed by atoms with Crippen molar-refractivity contribution in [3.05, 3.63) is 0 Å². The fraction of sp³-hybridized carbons (Fsp3) is 0.778. The lowest BCUT2D eigenvalue weighted by atomic mass is 9.94. The van der Waals surface area contributed by atoms with Gasteiger partial charge in [0, 0.05) is 11.9 Å². The van der Waals surface area contributed by atoms with Gasteiger partial charge in [-0.1, -0.05) is 13.8 Å². The average Bonchev–Trinajstić information content (AvgIpc) is 2.02. The first-order valence-corrected chi connectivity index (χ1v) is 4.25. The minimum absolute atomic E-state index is 0.100. The van der Waals surface area contributed by atoms with E-state index in [2.05, 4.69) is 4.74 Å². The van der Waals surface area contributed by atoms with Crippen molar-refractivity contribution in [2.75, 3.05) is 7.11 Å². The fourth-order valence-corrected chi connectivity index (χ4v) is 1.12. The quantitative estimate of drug-likeness (QED) is 0.566. The molecule has 13 heavy (non-hydrogen) atoms. The molecule has 0 aromatic heterocycles. The number of aliphatic carboxylic acids is 1. The lowest BCUT2D eigenvalue weighted by molar-refractivity contribution is -0.312. The highest BCUT2D eigenvalue weighted by Crippen LogP contribution is 2.15. The molecule has 0 radical (unpaired) electrons. The summed E-state index contributed by atoms with van der Waals surface area (Å²) in [5, 5.41) is 10.6. The summed E-state index contributed by atoms with van der Waals surface area (Å²) >= 11 is 0. The van der Waals surface area contributed by atoms with Crippen LogP contribution in [-0.4, -0.2) is 19.0 Å². The smallest absolute Gasteiger partial charge is 0.306 e. The number of methoxy groups -OCH3 is 1. The molecule has 0 aliphatic rings. The second kappa shape index (κ2) is 5.56. The molecular formula is C9H15O4-. The largest absolute Gasteiger partial charge is 0.550 e. The van der Waals surface area contributed by atoms with E-state index < -0.39 is 17.9 Å². The predicted octanol–water partition coefficient (Wildman–Crippen LogP) is -0.0383. The molecule has 4 heteroatoms. The highest BCUT2D eigenvalue weighted by Gasteiger charge is 2.16. The summed E-state index contributed by atoms with van der Waals surface area (Å²) < 4.78 is 4.38. The fourth-order valence-electron chi connectivity index (χ4n) is 1.12. The van der Waals surface area contributed by atoms with E-state index in [1.807, 2.05) is 13.8 Å². The molecule has 4 nitrogen and oxygen atoms in total. The zero-order chi connectivity index (χ0) is 10.4. The summed E-state index contributed by atoms with van der Waals surface area (Å²) in [6, 6.07) is 0. The molecule has 0 aromatic carbocycles. The van der Waals surface area contributed by atoms with Crippen LogP contribution in [0.25, 0.3) is 0 Å². The molecule has 76 valence electrons. The van der Waals surface area contributed by atoms with Crippen LogP contribution in [0, 0.1) is 11.8 Å². The first kappa shape index (κ1) is 11.9. The third-order valence-electron chi connectivity index (χ3n) is 1.73. The molecule has 0 bridgehead atoms. The number of ether oxygens (including phenoxy) is 1. The Bertz CT molecular complexity index is 186. The molecular weight excluding hydrogens is 172 g/mol. The minimum Gasteiger partial charge on any atom is -0.550 e. The summed E-state index contributed by atoms with van der Waals surface area (Å²) in [6.07, 6.45) is 0.342. The Kier molecular flexibility index (Phi) is 5.11. The molecule has 0 fully saturated rings. The zero-order valence-corrected chi connectivity index (χ0v) is 8.20. The van der Waals surface area contributed by atoms with E-state index in [9.17, 15) is 14.7 Å². The summed E-state index contributed by atoms with van der Waals surface area (Å²) in [5.74, 6) is -2.19. The van der Waals surface area contributed by atoms with Crippen LogP contribution in [0.3, 0.4) is 0 Å². The molecule has 0 amide bonds. The van der Waals surface area contributed by atoms with Gasteiger partial charge in [-0.05, 0) is 12.3 Å². The van der Waals surface area contributed by atoms with Crippen molar-refractivity contribution in [2.45, 2.75) is 26.7 Å². The first-order valence-electron chi connectivity index (χ1n) is 4.25. The van der Waals surface area contributed by atoms with Crippen LogP contribution in [-0.2, 0) is 14.3 Å². The van der Waals surface area contributed by atoms with Gasteiger partial charge in [-0.2, -0.15) is 0 Å². The second-order valence-corrected chi connectivity index (χ2v) is 3.43. The van der Waals surface area contributed by atoms with Crippen LogP contribution in [0.5, 0.6) is 0 Å². The van der Waals surface area contributed by atoms with Crippen molar-refractivity contribution >= 4 is 11.9 Å².